The number of hydrogen-bond acceptors (Lipinski definition) is 3. The van der Waals surface area contributed by atoms with E-state index in [0.717, 1.165) is 25.1 Å². The van der Waals surface area contributed by atoms with Crippen LogP contribution in [0.25, 0.3) is 0 Å². The summed E-state index contributed by atoms with van der Waals surface area (Å²) in [6, 6.07) is 14.2. The van der Waals surface area contributed by atoms with Gasteiger partial charge >= 0.3 is 0 Å². The second-order valence-corrected chi connectivity index (χ2v) is 6.82. The zero-order valence-electron chi connectivity index (χ0n) is 15.2. The Bertz CT molecular complexity index is 748. The summed E-state index contributed by atoms with van der Waals surface area (Å²) < 4.78 is 18.6. The van der Waals surface area contributed by atoms with Crippen molar-refractivity contribution in [2.24, 2.45) is 5.92 Å². The molecule has 0 aliphatic carbocycles. The molecule has 1 heterocycles. The van der Waals surface area contributed by atoms with Crippen LogP contribution in [0.4, 0.5) is 4.39 Å². The summed E-state index contributed by atoms with van der Waals surface area (Å²) in [4.78, 5) is 14.7. The summed E-state index contributed by atoms with van der Waals surface area (Å²) in [5.41, 5.74) is 1.58. The van der Waals surface area contributed by atoms with Crippen molar-refractivity contribution in [2.75, 3.05) is 27.2 Å². The summed E-state index contributed by atoms with van der Waals surface area (Å²) in [6.07, 6.45) is 2.15. The van der Waals surface area contributed by atoms with Gasteiger partial charge in [0.2, 0.25) is 0 Å². The molecule has 0 aromatic heterocycles. The standard InChI is InChI=1S/C21H25FN2O2/c1-24-12-4-6-17(20(24)15-8-10-19(26-2)11-9-15)14-23-21(25)16-5-3-7-18(22)13-16/h3,5,7-11,13,17,20H,4,6,12,14H2,1-2H3,(H,23,25). The van der Waals surface area contributed by atoms with Crippen LogP contribution in [0.1, 0.15) is 34.8 Å². The highest BCUT2D eigenvalue weighted by molar-refractivity contribution is 5.94. The van der Waals surface area contributed by atoms with E-state index in [-0.39, 0.29) is 11.9 Å². The van der Waals surface area contributed by atoms with Gasteiger partial charge in [0.1, 0.15) is 11.6 Å². The maximum atomic E-state index is 13.3. The molecular weight excluding hydrogens is 331 g/mol. The van der Waals surface area contributed by atoms with Gasteiger partial charge in [0, 0.05) is 18.2 Å². The van der Waals surface area contributed by atoms with Crippen LogP contribution in [-0.4, -0.2) is 38.1 Å². The molecule has 1 amide bonds. The Kier molecular flexibility index (Phi) is 5.89. The first-order valence-corrected chi connectivity index (χ1v) is 8.96. The SMILES string of the molecule is COc1ccc(C2C(CNC(=O)c3cccc(F)c3)CCCN2C)cc1. The van der Waals surface area contributed by atoms with Crippen LogP contribution < -0.4 is 10.1 Å². The van der Waals surface area contributed by atoms with E-state index in [0.29, 0.717) is 18.0 Å². The van der Waals surface area contributed by atoms with E-state index < -0.39 is 5.82 Å². The van der Waals surface area contributed by atoms with Gasteiger partial charge in [-0.1, -0.05) is 18.2 Å². The Labute approximate surface area is 154 Å². The highest BCUT2D eigenvalue weighted by Crippen LogP contribution is 2.35. The van der Waals surface area contributed by atoms with Gasteiger partial charge in [0.25, 0.3) is 5.91 Å². The predicted molar refractivity (Wildman–Crippen MR) is 99.8 cm³/mol. The Morgan fingerprint density at radius 2 is 2.04 bits per heavy atom. The summed E-state index contributed by atoms with van der Waals surface area (Å²) in [6.45, 7) is 1.60. The van der Waals surface area contributed by atoms with Gasteiger partial charge in [-0.25, -0.2) is 4.39 Å². The number of carbonyl (C=O) groups is 1. The topological polar surface area (TPSA) is 41.6 Å². The Balaban J connectivity index is 1.70. The molecule has 0 bridgehead atoms. The molecule has 2 aromatic carbocycles. The highest BCUT2D eigenvalue weighted by atomic mass is 19.1. The number of nitrogens with one attached hydrogen (secondary N) is 1. The molecule has 2 atom stereocenters. The van der Waals surface area contributed by atoms with E-state index >= 15 is 0 Å². The monoisotopic (exact) mass is 356 g/mol. The van der Waals surface area contributed by atoms with Crippen LogP contribution in [0, 0.1) is 11.7 Å². The lowest BCUT2D eigenvalue weighted by Gasteiger charge is -2.39. The lowest BCUT2D eigenvalue weighted by molar-refractivity contribution is 0.0891. The van der Waals surface area contributed by atoms with E-state index in [1.54, 1.807) is 19.2 Å². The molecule has 0 spiro atoms. The third kappa shape index (κ3) is 4.22. The zero-order chi connectivity index (χ0) is 18.5. The fraction of sp³-hybridized carbons (Fsp3) is 0.381. The molecule has 1 N–H and O–H groups in total. The van der Waals surface area contributed by atoms with Gasteiger partial charge in [-0.3, -0.25) is 9.69 Å². The van der Waals surface area contributed by atoms with E-state index in [1.807, 2.05) is 12.1 Å². The number of hydrogen-bond donors (Lipinski definition) is 1. The molecule has 1 aliphatic heterocycles. The quantitative estimate of drug-likeness (QED) is 0.889. The van der Waals surface area contributed by atoms with Crippen LogP contribution >= 0.6 is 0 Å². The number of amides is 1. The van der Waals surface area contributed by atoms with Crippen LogP contribution in [0.15, 0.2) is 48.5 Å². The Morgan fingerprint density at radius 1 is 1.27 bits per heavy atom. The van der Waals surface area contributed by atoms with Gasteiger partial charge in [-0.05, 0) is 68.2 Å². The van der Waals surface area contributed by atoms with E-state index in [9.17, 15) is 9.18 Å². The van der Waals surface area contributed by atoms with E-state index in [2.05, 4.69) is 29.4 Å². The number of rotatable bonds is 5. The van der Waals surface area contributed by atoms with Gasteiger partial charge in [-0.2, -0.15) is 0 Å². The van der Waals surface area contributed by atoms with Crippen molar-refractivity contribution in [3.05, 3.63) is 65.5 Å². The summed E-state index contributed by atoms with van der Waals surface area (Å²) in [5, 5.41) is 2.98. The number of ether oxygens (including phenoxy) is 1. The van der Waals surface area contributed by atoms with Gasteiger partial charge < -0.3 is 10.1 Å². The first-order chi connectivity index (χ1) is 12.6. The lowest BCUT2D eigenvalue weighted by Crippen LogP contribution is -2.41. The normalized spacial score (nSPS) is 20.6. The minimum absolute atomic E-state index is 0.230. The average molecular weight is 356 g/mol. The molecule has 1 fully saturated rings. The number of nitrogens with zero attached hydrogens (tertiary/aromatic N) is 1. The molecule has 5 heteroatoms. The number of piperidine rings is 1. The number of benzene rings is 2. The van der Waals surface area contributed by atoms with Crippen molar-refractivity contribution in [2.45, 2.75) is 18.9 Å². The molecule has 4 nitrogen and oxygen atoms in total. The highest BCUT2D eigenvalue weighted by Gasteiger charge is 2.30. The van der Waals surface area contributed by atoms with E-state index in [1.165, 1.54) is 17.7 Å². The number of halogens is 1. The molecule has 2 unspecified atom stereocenters. The summed E-state index contributed by atoms with van der Waals surface area (Å²) in [5.74, 6) is 0.514. The van der Waals surface area contributed by atoms with Crippen molar-refractivity contribution in [3.63, 3.8) is 0 Å². The molecule has 2 aromatic rings. The van der Waals surface area contributed by atoms with Crippen LogP contribution in [0.3, 0.4) is 0 Å². The zero-order valence-corrected chi connectivity index (χ0v) is 15.2. The number of likely N-dealkylation sites (tertiary alicyclic amines) is 1. The van der Waals surface area contributed by atoms with Crippen molar-refractivity contribution in [3.8, 4) is 5.75 Å². The Hall–Kier alpha value is -2.40. The van der Waals surface area contributed by atoms with Crippen molar-refractivity contribution >= 4 is 5.91 Å². The van der Waals surface area contributed by atoms with Gasteiger partial charge in [0.05, 0.1) is 7.11 Å². The fourth-order valence-electron chi connectivity index (χ4n) is 3.76. The molecule has 0 saturated carbocycles. The van der Waals surface area contributed by atoms with Crippen LogP contribution in [-0.2, 0) is 0 Å². The molecule has 3 rings (SSSR count). The maximum Gasteiger partial charge on any atom is 0.251 e. The predicted octanol–water partition coefficient (Wildman–Crippen LogP) is 3.65. The average Bonchev–Trinajstić information content (AvgIpc) is 2.66. The van der Waals surface area contributed by atoms with Crippen LogP contribution in [0.2, 0.25) is 0 Å². The number of carbonyl (C=O) groups excluding carboxylic acids is 1. The summed E-state index contributed by atoms with van der Waals surface area (Å²) >= 11 is 0. The third-order valence-electron chi connectivity index (χ3n) is 5.08. The maximum absolute atomic E-state index is 13.3. The Morgan fingerprint density at radius 3 is 2.73 bits per heavy atom. The fourth-order valence-corrected chi connectivity index (χ4v) is 3.76. The molecular formula is C21H25FN2O2. The lowest BCUT2D eigenvalue weighted by atomic mass is 9.85. The molecule has 0 radical (unpaired) electrons. The van der Waals surface area contributed by atoms with Gasteiger partial charge in [0.15, 0.2) is 0 Å². The molecule has 138 valence electrons. The second-order valence-electron chi connectivity index (χ2n) is 6.82. The van der Waals surface area contributed by atoms with Gasteiger partial charge in [-0.15, -0.1) is 0 Å². The van der Waals surface area contributed by atoms with Crippen molar-refractivity contribution in [1.29, 1.82) is 0 Å². The second kappa shape index (κ2) is 8.32. The van der Waals surface area contributed by atoms with Crippen molar-refractivity contribution < 1.29 is 13.9 Å². The molecule has 1 aliphatic rings. The molecule has 1 saturated heterocycles. The minimum Gasteiger partial charge on any atom is -0.497 e. The smallest absolute Gasteiger partial charge is 0.251 e. The largest absolute Gasteiger partial charge is 0.497 e. The van der Waals surface area contributed by atoms with Crippen LogP contribution in [0.5, 0.6) is 5.75 Å². The third-order valence-corrected chi connectivity index (χ3v) is 5.08. The molecule has 26 heavy (non-hydrogen) atoms. The summed E-state index contributed by atoms with van der Waals surface area (Å²) in [7, 11) is 3.78. The van der Waals surface area contributed by atoms with Crippen molar-refractivity contribution in [1.82, 2.24) is 10.2 Å². The van der Waals surface area contributed by atoms with E-state index in [4.69, 9.17) is 4.74 Å². The first kappa shape index (κ1) is 18.4. The first-order valence-electron chi connectivity index (χ1n) is 8.96. The number of methoxy groups -OCH3 is 1. The minimum atomic E-state index is -0.397.